The van der Waals surface area contributed by atoms with Gasteiger partial charge in [0, 0.05) is 17.6 Å². The van der Waals surface area contributed by atoms with E-state index in [4.69, 9.17) is 0 Å². The predicted octanol–water partition coefficient (Wildman–Crippen LogP) is 3.61. The van der Waals surface area contributed by atoms with E-state index in [0.29, 0.717) is 12.6 Å². The molecule has 1 fully saturated rings. The van der Waals surface area contributed by atoms with Crippen molar-refractivity contribution >= 4 is 11.6 Å². The molecule has 2 aromatic carbocycles. The van der Waals surface area contributed by atoms with Crippen molar-refractivity contribution in [1.82, 2.24) is 5.32 Å². The number of nitrogens with one attached hydrogen (secondary N) is 1. The van der Waals surface area contributed by atoms with Crippen LogP contribution in [0.15, 0.2) is 60.7 Å². The van der Waals surface area contributed by atoms with Gasteiger partial charge in [-0.1, -0.05) is 48.5 Å². The topological polar surface area (TPSA) is 32.3 Å². The summed E-state index contributed by atoms with van der Waals surface area (Å²) in [5.41, 5.74) is 2.14. The number of benzene rings is 2. The molecule has 1 saturated heterocycles. The van der Waals surface area contributed by atoms with E-state index in [2.05, 4.69) is 24.4 Å². The molecular weight excluding hydrogens is 284 g/mol. The maximum absolute atomic E-state index is 13.1. The molecule has 1 amide bonds. The monoisotopic (exact) mass is 308 g/mol. The van der Waals surface area contributed by atoms with Crippen LogP contribution in [0.1, 0.15) is 25.3 Å². The molecule has 1 aliphatic heterocycles. The molecule has 0 bridgehead atoms. The first-order valence-corrected chi connectivity index (χ1v) is 8.38. The standard InChI is InChI=1S/C20H24N2O/c1-16-14-18(12-13-21-16)20(23)22(19-10-6-3-7-11-19)15-17-8-4-2-5-9-17/h2-11,16,18,21H,12-15H2,1H3/t16-,18-/m0/s1. The Bertz CT molecular complexity index is 627. The number of amides is 1. The lowest BCUT2D eigenvalue weighted by molar-refractivity contribution is -0.123. The average molecular weight is 308 g/mol. The van der Waals surface area contributed by atoms with E-state index < -0.39 is 0 Å². The van der Waals surface area contributed by atoms with Crippen LogP contribution in [0.4, 0.5) is 5.69 Å². The summed E-state index contributed by atoms with van der Waals surface area (Å²) < 4.78 is 0. The highest BCUT2D eigenvalue weighted by Gasteiger charge is 2.29. The second-order valence-electron chi connectivity index (χ2n) is 6.32. The highest BCUT2D eigenvalue weighted by molar-refractivity contribution is 5.95. The number of carbonyl (C=O) groups is 1. The minimum atomic E-state index is 0.107. The van der Waals surface area contributed by atoms with Gasteiger partial charge in [-0.3, -0.25) is 4.79 Å². The minimum absolute atomic E-state index is 0.107. The van der Waals surface area contributed by atoms with Gasteiger partial charge in [0.15, 0.2) is 0 Å². The van der Waals surface area contributed by atoms with Crippen LogP contribution in [0.25, 0.3) is 0 Å². The second kappa shape index (κ2) is 7.42. The van der Waals surface area contributed by atoms with Crippen molar-refractivity contribution in [3.8, 4) is 0 Å². The van der Waals surface area contributed by atoms with Crippen LogP contribution < -0.4 is 10.2 Å². The van der Waals surface area contributed by atoms with Crippen molar-refractivity contribution in [2.45, 2.75) is 32.4 Å². The van der Waals surface area contributed by atoms with Gasteiger partial charge in [-0.05, 0) is 44.0 Å². The van der Waals surface area contributed by atoms with Crippen molar-refractivity contribution < 1.29 is 4.79 Å². The van der Waals surface area contributed by atoms with Crippen molar-refractivity contribution in [3.63, 3.8) is 0 Å². The van der Waals surface area contributed by atoms with E-state index in [1.807, 2.05) is 53.4 Å². The van der Waals surface area contributed by atoms with Gasteiger partial charge in [-0.2, -0.15) is 0 Å². The van der Waals surface area contributed by atoms with Crippen LogP contribution in [0.5, 0.6) is 0 Å². The number of nitrogens with zero attached hydrogens (tertiary/aromatic N) is 1. The van der Waals surface area contributed by atoms with Crippen LogP contribution in [-0.2, 0) is 11.3 Å². The summed E-state index contributed by atoms with van der Waals surface area (Å²) in [6.07, 6.45) is 1.83. The molecule has 0 radical (unpaired) electrons. The highest BCUT2D eigenvalue weighted by Crippen LogP contribution is 2.24. The molecule has 0 unspecified atom stereocenters. The minimum Gasteiger partial charge on any atom is -0.314 e. The summed E-state index contributed by atoms with van der Waals surface area (Å²) in [6, 6.07) is 20.6. The van der Waals surface area contributed by atoms with E-state index in [1.54, 1.807) is 0 Å². The Morgan fingerprint density at radius 3 is 2.39 bits per heavy atom. The lowest BCUT2D eigenvalue weighted by atomic mass is 9.91. The smallest absolute Gasteiger partial charge is 0.230 e. The number of hydrogen-bond donors (Lipinski definition) is 1. The molecule has 1 N–H and O–H groups in total. The van der Waals surface area contributed by atoms with E-state index in [9.17, 15) is 4.79 Å². The zero-order valence-electron chi connectivity index (χ0n) is 13.6. The normalized spacial score (nSPS) is 20.9. The number of piperidine rings is 1. The molecule has 120 valence electrons. The molecule has 23 heavy (non-hydrogen) atoms. The van der Waals surface area contributed by atoms with Gasteiger partial charge in [0.05, 0.1) is 6.54 Å². The third-order valence-corrected chi connectivity index (χ3v) is 4.49. The van der Waals surface area contributed by atoms with E-state index >= 15 is 0 Å². The molecule has 3 nitrogen and oxygen atoms in total. The molecule has 0 saturated carbocycles. The fourth-order valence-electron chi connectivity index (χ4n) is 3.25. The summed E-state index contributed by atoms with van der Waals surface area (Å²) in [5.74, 6) is 0.351. The summed E-state index contributed by atoms with van der Waals surface area (Å²) in [6.45, 7) is 3.71. The molecule has 3 rings (SSSR count). The van der Waals surface area contributed by atoms with E-state index in [-0.39, 0.29) is 11.8 Å². The summed E-state index contributed by atoms with van der Waals surface area (Å²) in [7, 11) is 0. The van der Waals surface area contributed by atoms with Gasteiger partial charge in [0.1, 0.15) is 0 Å². The largest absolute Gasteiger partial charge is 0.314 e. The lowest BCUT2D eigenvalue weighted by Gasteiger charge is -2.32. The van der Waals surface area contributed by atoms with Crippen LogP contribution in [-0.4, -0.2) is 18.5 Å². The molecule has 3 heteroatoms. The molecule has 0 spiro atoms. The Hall–Kier alpha value is -2.13. The first-order valence-electron chi connectivity index (χ1n) is 8.38. The molecule has 2 aromatic rings. The molecule has 1 heterocycles. The summed E-state index contributed by atoms with van der Waals surface area (Å²) in [5, 5.41) is 3.42. The number of hydrogen-bond acceptors (Lipinski definition) is 2. The fraction of sp³-hybridized carbons (Fsp3) is 0.350. The molecule has 2 atom stereocenters. The zero-order chi connectivity index (χ0) is 16.1. The average Bonchev–Trinajstić information content (AvgIpc) is 2.61. The molecule has 1 aliphatic rings. The van der Waals surface area contributed by atoms with Crippen LogP contribution in [0.2, 0.25) is 0 Å². The number of para-hydroxylation sites is 1. The van der Waals surface area contributed by atoms with Crippen LogP contribution in [0.3, 0.4) is 0 Å². The predicted molar refractivity (Wildman–Crippen MR) is 94.3 cm³/mol. The van der Waals surface area contributed by atoms with Crippen LogP contribution >= 0.6 is 0 Å². The number of rotatable bonds is 4. The van der Waals surface area contributed by atoms with Crippen molar-refractivity contribution in [3.05, 3.63) is 66.2 Å². The maximum Gasteiger partial charge on any atom is 0.230 e. The third-order valence-electron chi connectivity index (χ3n) is 4.49. The molecular formula is C20H24N2O. The van der Waals surface area contributed by atoms with Gasteiger partial charge in [-0.15, -0.1) is 0 Å². The maximum atomic E-state index is 13.1. The van der Waals surface area contributed by atoms with E-state index in [1.165, 1.54) is 0 Å². The van der Waals surface area contributed by atoms with Gasteiger partial charge >= 0.3 is 0 Å². The molecule has 0 aromatic heterocycles. The van der Waals surface area contributed by atoms with Gasteiger partial charge < -0.3 is 10.2 Å². The Labute approximate surface area is 138 Å². The Morgan fingerprint density at radius 1 is 1.09 bits per heavy atom. The third kappa shape index (κ3) is 3.99. The van der Waals surface area contributed by atoms with Gasteiger partial charge in [0.2, 0.25) is 5.91 Å². The first kappa shape index (κ1) is 15.8. The number of carbonyl (C=O) groups excluding carboxylic acids is 1. The Morgan fingerprint density at radius 2 is 1.74 bits per heavy atom. The van der Waals surface area contributed by atoms with Gasteiger partial charge in [-0.25, -0.2) is 0 Å². The first-order chi connectivity index (χ1) is 11.2. The highest BCUT2D eigenvalue weighted by atomic mass is 16.2. The Balaban J connectivity index is 1.84. The second-order valence-corrected chi connectivity index (χ2v) is 6.32. The molecule has 0 aliphatic carbocycles. The fourth-order valence-corrected chi connectivity index (χ4v) is 3.25. The summed E-state index contributed by atoms with van der Waals surface area (Å²) >= 11 is 0. The van der Waals surface area contributed by atoms with Crippen molar-refractivity contribution in [2.24, 2.45) is 5.92 Å². The zero-order valence-corrected chi connectivity index (χ0v) is 13.6. The van der Waals surface area contributed by atoms with Crippen LogP contribution in [0, 0.1) is 5.92 Å². The quantitative estimate of drug-likeness (QED) is 0.936. The van der Waals surface area contributed by atoms with E-state index in [0.717, 1.165) is 30.6 Å². The summed E-state index contributed by atoms with van der Waals surface area (Å²) in [4.78, 5) is 15.1. The van der Waals surface area contributed by atoms with Crippen molar-refractivity contribution in [1.29, 1.82) is 0 Å². The van der Waals surface area contributed by atoms with Gasteiger partial charge in [0.25, 0.3) is 0 Å². The Kier molecular flexibility index (Phi) is 5.09. The number of anilines is 1. The SMILES string of the molecule is C[C@H]1C[C@@H](C(=O)N(Cc2ccccc2)c2ccccc2)CCN1. The van der Waals surface area contributed by atoms with Crippen molar-refractivity contribution in [2.75, 3.05) is 11.4 Å². The lowest BCUT2D eigenvalue weighted by Crippen LogP contribution is -2.44.